The van der Waals surface area contributed by atoms with E-state index in [1.807, 2.05) is 0 Å². The number of benzene rings is 1. The lowest BCUT2D eigenvalue weighted by Gasteiger charge is -2.37. The summed E-state index contributed by atoms with van der Waals surface area (Å²) >= 11 is 0. The molecular formula is C16H26N2. The van der Waals surface area contributed by atoms with Crippen molar-refractivity contribution in [2.75, 3.05) is 24.5 Å². The van der Waals surface area contributed by atoms with Crippen molar-refractivity contribution < 1.29 is 0 Å². The smallest absolute Gasteiger partial charge is 0.0396 e. The summed E-state index contributed by atoms with van der Waals surface area (Å²) < 4.78 is 0. The number of rotatable bonds is 3. The number of piperidine rings is 1. The van der Waals surface area contributed by atoms with Crippen molar-refractivity contribution in [2.45, 2.75) is 33.6 Å². The van der Waals surface area contributed by atoms with E-state index in [1.54, 1.807) is 0 Å². The molecule has 0 amide bonds. The monoisotopic (exact) mass is 246 g/mol. The second kappa shape index (κ2) is 5.75. The first-order chi connectivity index (χ1) is 8.60. The van der Waals surface area contributed by atoms with Gasteiger partial charge in [0.25, 0.3) is 0 Å². The van der Waals surface area contributed by atoms with E-state index < -0.39 is 0 Å². The molecule has 1 aliphatic rings. The number of nitrogens with two attached hydrogens (primary N) is 1. The van der Waals surface area contributed by atoms with Gasteiger partial charge in [0.1, 0.15) is 0 Å². The molecule has 0 spiro atoms. The number of anilines is 1. The molecule has 2 atom stereocenters. The van der Waals surface area contributed by atoms with Gasteiger partial charge >= 0.3 is 0 Å². The van der Waals surface area contributed by atoms with Crippen LogP contribution in [0, 0.1) is 18.8 Å². The lowest BCUT2D eigenvalue weighted by atomic mass is 9.91. The van der Waals surface area contributed by atoms with Gasteiger partial charge in [0.2, 0.25) is 0 Å². The summed E-state index contributed by atoms with van der Waals surface area (Å²) in [6, 6.07) is 6.82. The Balaban J connectivity index is 2.17. The molecule has 1 aromatic rings. The van der Waals surface area contributed by atoms with Gasteiger partial charge in [-0.15, -0.1) is 0 Å². The van der Waals surface area contributed by atoms with Gasteiger partial charge in [0.05, 0.1) is 0 Å². The van der Waals surface area contributed by atoms with Gasteiger partial charge in [-0.3, -0.25) is 0 Å². The molecule has 1 aromatic carbocycles. The van der Waals surface area contributed by atoms with Gasteiger partial charge < -0.3 is 10.6 Å². The van der Waals surface area contributed by atoms with Crippen molar-refractivity contribution in [3.63, 3.8) is 0 Å². The summed E-state index contributed by atoms with van der Waals surface area (Å²) in [5, 5.41) is 0. The predicted molar refractivity (Wildman–Crippen MR) is 79.1 cm³/mol. The van der Waals surface area contributed by atoms with Gasteiger partial charge in [0.15, 0.2) is 0 Å². The minimum atomic E-state index is 0.733. The van der Waals surface area contributed by atoms with Crippen LogP contribution in [0.3, 0.4) is 0 Å². The number of aryl methyl sites for hydroxylation is 1. The van der Waals surface area contributed by atoms with Crippen molar-refractivity contribution in [3.8, 4) is 0 Å². The molecule has 0 aromatic heterocycles. The molecule has 0 saturated carbocycles. The maximum atomic E-state index is 5.62. The van der Waals surface area contributed by atoms with Crippen molar-refractivity contribution in [1.82, 2.24) is 0 Å². The standard InChI is InChI=1S/C16H26N2/c1-12-8-13(2)11-18(10-12)16-5-4-15(6-7-17)9-14(16)3/h4-5,9,12-13H,6-8,10-11,17H2,1-3H3. The molecule has 0 radical (unpaired) electrons. The highest BCUT2D eigenvalue weighted by atomic mass is 15.1. The van der Waals surface area contributed by atoms with E-state index in [-0.39, 0.29) is 0 Å². The highest BCUT2D eigenvalue weighted by molar-refractivity contribution is 5.55. The molecule has 18 heavy (non-hydrogen) atoms. The van der Waals surface area contributed by atoms with Crippen LogP contribution in [0.25, 0.3) is 0 Å². The molecule has 100 valence electrons. The highest BCUT2D eigenvalue weighted by Crippen LogP contribution is 2.29. The zero-order valence-electron chi connectivity index (χ0n) is 11.9. The molecule has 0 aliphatic carbocycles. The van der Waals surface area contributed by atoms with Crippen LogP contribution >= 0.6 is 0 Å². The average Bonchev–Trinajstić information content (AvgIpc) is 2.28. The van der Waals surface area contributed by atoms with Gasteiger partial charge in [-0.05, 0) is 55.3 Å². The highest BCUT2D eigenvalue weighted by Gasteiger charge is 2.22. The van der Waals surface area contributed by atoms with Gasteiger partial charge in [0, 0.05) is 18.8 Å². The van der Waals surface area contributed by atoms with E-state index in [0.717, 1.165) is 24.8 Å². The third kappa shape index (κ3) is 3.05. The van der Waals surface area contributed by atoms with E-state index in [2.05, 4.69) is 43.9 Å². The molecule has 2 unspecified atom stereocenters. The Hall–Kier alpha value is -1.02. The molecule has 2 nitrogen and oxygen atoms in total. The molecule has 1 aliphatic heterocycles. The lowest BCUT2D eigenvalue weighted by Crippen LogP contribution is -2.39. The van der Waals surface area contributed by atoms with E-state index >= 15 is 0 Å². The number of hydrogen-bond acceptors (Lipinski definition) is 2. The largest absolute Gasteiger partial charge is 0.371 e. The first-order valence-corrected chi connectivity index (χ1v) is 7.14. The van der Waals surface area contributed by atoms with Crippen LogP contribution in [0.1, 0.15) is 31.4 Å². The first kappa shape index (κ1) is 13.4. The molecule has 1 saturated heterocycles. The summed E-state index contributed by atoms with van der Waals surface area (Å²) in [5.74, 6) is 1.61. The van der Waals surface area contributed by atoms with E-state index in [4.69, 9.17) is 5.73 Å². The predicted octanol–water partition coefficient (Wildman–Crippen LogP) is 2.98. The van der Waals surface area contributed by atoms with Gasteiger partial charge in [-0.1, -0.05) is 26.0 Å². The van der Waals surface area contributed by atoms with E-state index in [1.165, 1.54) is 36.3 Å². The van der Waals surface area contributed by atoms with Crippen molar-refractivity contribution >= 4 is 5.69 Å². The minimum absolute atomic E-state index is 0.733. The molecule has 2 rings (SSSR count). The summed E-state index contributed by atoms with van der Waals surface area (Å²) in [4.78, 5) is 2.56. The lowest BCUT2D eigenvalue weighted by molar-refractivity contribution is 0.356. The average molecular weight is 246 g/mol. The van der Waals surface area contributed by atoms with E-state index in [9.17, 15) is 0 Å². The topological polar surface area (TPSA) is 29.3 Å². The Bertz CT molecular complexity index is 390. The minimum Gasteiger partial charge on any atom is -0.371 e. The van der Waals surface area contributed by atoms with Crippen LogP contribution in [0.4, 0.5) is 5.69 Å². The Kier molecular flexibility index (Phi) is 4.28. The third-order valence-electron chi connectivity index (χ3n) is 3.90. The normalized spacial score (nSPS) is 24.3. The zero-order chi connectivity index (χ0) is 13.1. The van der Waals surface area contributed by atoms with Crippen LogP contribution in [-0.2, 0) is 6.42 Å². The Morgan fingerprint density at radius 1 is 1.22 bits per heavy atom. The quantitative estimate of drug-likeness (QED) is 0.888. The fourth-order valence-corrected chi connectivity index (χ4v) is 3.25. The van der Waals surface area contributed by atoms with Crippen LogP contribution in [0.2, 0.25) is 0 Å². The summed E-state index contributed by atoms with van der Waals surface area (Å²) in [7, 11) is 0. The Morgan fingerprint density at radius 3 is 2.44 bits per heavy atom. The van der Waals surface area contributed by atoms with Crippen LogP contribution in [0.15, 0.2) is 18.2 Å². The maximum Gasteiger partial charge on any atom is 0.0396 e. The second-order valence-electron chi connectivity index (χ2n) is 6.01. The molecule has 1 heterocycles. The SMILES string of the molecule is Cc1cc(CCN)ccc1N1CC(C)CC(C)C1. The molecule has 1 fully saturated rings. The first-order valence-electron chi connectivity index (χ1n) is 7.14. The van der Waals surface area contributed by atoms with E-state index in [0.29, 0.717) is 0 Å². The second-order valence-corrected chi connectivity index (χ2v) is 6.01. The molecule has 2 N–H and O–H groups in total. The van der Waals surface area contributed by atoms with Crippen molar-refractivity contribution in [1.29, 1.82) is 0 Å². The van der Waals surface area contributed by atoms with Crippen molar-refractivity contribution in [3.05, 3.63) is 29.3 Å². The van der Waals surface area contributed by atoms with Crippen LogP contribution in [-0.4, -0.2) is 19.6 Å². The summed E-state index contributed by atoms with van der Waals surface area (Å²) in [5.41, 5.74) is 9.78. The maximum absolute atomic E-state index is 5.62. The molecular weight excluding hydrogens is 220 g/mol. The summed E-state index contributed by atoms with van der Waals surface area (Å²) in [6.07, 6.45) is 2.34. The summed E-state index contributed by atoms with van der Waals surface area (Å²) in [6.45, 7) is 10.1. The number of hydrogen-bond donors (Lipinski definition) is 1. The number of nitrogens with zero attached hydrogens (tertiary/aromatic N) is 1. The third-order valence-corrected chi connectivity index (χ3v) is 3.90. The molecule has 0 bridgehead atoms. The van der Waals surface area contributed by atoms with Gasteiger partial charge in [-0.2, -0.15) is 0 Å². The Labute approximate surface area is 111 Å². The van der Waals surface area contributed by atoms with Crippen LogP contribution in [0.5, 0.6) is 0 Å². The Morgan fingerprint density at radius 2 is 1.89 bits per heavy atom. The van der Waals surface area contributed by atoms with Gasteiger partial charge in [-0.25, -0.2) is 0 Å². The van der Waals surface area contributed by atoms with Crippen molar-refractivity contribution in [2.24, 2.45) is 17.6 Å². The molecule has 2 heteroatoms. The van der Waals surface area contributed by atoms with Crippen LogP contribution < -0.4 is 10.6 Å². The zero-order valence-corrected chi connectivity index (χ0v) is 11.9. The fraction of sp³-hybridized carbons (Fsp3) is 0.625. The fourth-order valence-electron chi connectivity index (χ4n) is 3.25.